The monoisotopic (exact) mass is 143 g/mol. The molecule has 0 saturated heterocycles. The molecule has 0 fully saturated rings. The molecule has 0 aromatic heterocycles. The number of amides is 1. The van der Waals surface area contributed by atoms with Gasteiger partial charge in [-0.25, -0.2) is 4.57 Å². The van der Waals surface area contributed by atoms with Crippen molar-refractivity contribution in [3.63, 3.8) is 0 Å². The molecule has 0 unspecified atom stereocenters. The third-order valence-electron chi connectivity index (χ3n) is 0. The zero-order valence-electron chi connectivity index (χ0n) is 3.76. The Morgan fingerprint density at radius 1 is 1.38 bits per heavy atom. The molecule has 7 heteroatoms. The van der Waals surface area contributed by atoms with Crippen LogP contribution in [0.2, 0.25) is 0 Å². The quantitative estimate of drug-likeness (QED) is 0.235. The summed E-state index contributed by atoms with van der Waals surface area (Å²) in [5.74, 6) is 0. The lowest BCUT2D eigenvalue weighted by Crippen LogP contribution is -1.82. The van der Waals surface area contributed by atoms with Crippen LogP contribution in [0.25, 0.3) is 0 Å². The summed E-state index contributed by atoms with van der Waals surface area (Å²) in [5.41, 5.74) is 4.17. The zero-order chi connectivity index (χ0) is 7.21. The van der Waals surface area contributed by atoms with Crippen LogP contribution in [0.4, 0.5) is 0 Å². The number of carbonyl (C=O) groups excluding carboxylic acids is 1. The van der Waals surface area contributed by atoms with Crippen molar-refractivity contribution in [3.05, 3.63) is 0 Å². The second kappa shape index (κ2) is 4.73. The molecular formula is CH6NO5P. The molecule has 0 radical (unpaired) electrons. The molecule has 0 saturated carbocycles. The molecular weight excluding hydrogens is 137 g/mol. The number of carbonyl (C=O) groups is 1. The van der Waals surface area contributed by atoms with Gasteiger partial charge < -0.3 is 20.4 Å². The lowest BCUT2D eigenvalue weighted by molar-refractivity contribution is -0.106. The van der Waals surface area contributed by atoms with Crippen LogP contribution in [0.15, 0.2) is 0 Å². The van der Waals surface area contributed by atoms with Gasteiger partial charge in [0.25, 0.3) is 0 Å². The summed E-state index contributed by atoms with van der Waals surface area (Å²) in [6, 6.07) is 0. The van der Waals surface area contributed by atoms with E-state index in [9.17, 15) is 0 Å². The van der Waals surface area contributed by atoms with Crippen LogP contribution in [0, 0.1) is 0 Å². The lowest BCUT2D eigenvalue weighted by Gasteiger charge is -1.82. The van der Waals surface area contributed by atoms with Gasteiger partial charge in [0, 0.05) is 0 Å². The Morgan fingerprint density at radius 3 is 1.38 bits per heavy atom. The standard InChI is InChI=1S/CH3NO.H3O4P/c2-1-3;1-5(2,3)4/h1H,(H2,2,3);(H3,1,2,3,4). The van der Waals surface area contributed by atoms with Crippen LogP contribution in [-0.2, 0) is 9.36 Å². The molecule has 0 aliphatic heterocycles. The fraction of sp³-hybridized carbons (Fsp3) is 0. The third-order valence-corrected chi connectivity index (χ3v) is 0. The number of primary amides is 1. The van der Waals surface area contributed by atoms with Crippen LogP contribution >= 0.6 is 7.82 Å². The highest BCUT2D eigenvalue weighted by Crippen LogP contribution is 2.25. The van der Waals surface area contributed by atoms with Gasteiger partial charge in [-0.15, -0.1) is 0 Å². The van der Waals surface area contributed by atoms with Crippen molar-refractivity contribution in [1.29, 1.82) is 0 Å². The second-order valence-electron chi connectivity index (χ2n) is 0.649. The predicted octanol–water partition coefficient (Wildman–Crippen LogP) is -1.83. The Morgan fingerprint density at radius 2 is 1.38 bits per heavy atom. The number of hydrogen-bond donors (Lipinski definition) is 4. The van der Waals surface area contributed by atoms with E-state index in [1.807, 2.05) is 0 Å². The van der Waals surface area contributed by atoms with Crippen molar-refractivity contribution in [2.24, 2.45) is 5.73 Å². The Balaban J connectivity index is 0. The van der Waals surface area contributed by atoms with Crippen molar-refractivity contribution in [1.82, 2.24) is 0 Å². The predicted molar refractivity (Wildman–Crippen MR) is 24.5 cm³/mol. The van der Waals surface area contributed by atoms with E-state index in [-0.39, 0.29) is 6.41 Å². The molecule has 1 amide bonds. The summed E-state index contributed by atoms with van der Waals surface area (Å²) in [6.45, 7) is 0. The first kappa shape index (κ1) is 10.5. The maximum absolute atomic E-state index is 8.88. The van der Waals surface area contributed by atoms with Crippen LogP contribution < -0.4 is 5.73 Å². The maximum atomic E-state index is 8.88. The first-order valence-corrected chi connectivity index (χ1v) is 2.92. The van der Waals surface area contributed by atoms with Gasteiger partial charge in [-0.1, -0.05) is 0 Å². The van der Waals surface area contributed by atoms with Gasteiger partial charge in [0.1, 0.15) is 0 Å². The first-order chi connectivity index (χ1) is 3.41. The van der Waals surface area contributed by atoms with Gasteiger partial charge >= 0.3 is 7.82 Å². The number of rotatable bonds is 0. The average Bonchev–Trinajstić information content (AvgIpc) is 1.27. The second-order valence-corrected chi connectivity index (χ2v) is 1.68. The van der Waals surface area contributed by atoms with Crippen molar-refractivity contribution in [2.75, 3.05) is 0 Å². The van der Waals surface area contributed by atoms with Gasteiger partial charge in [0.2, 0.25) is 6.41 Å². The van der Waals surface area contributed by atoms with E-state index >= 15 is 0 Å². The van der Waals surface area contributed by atoms with E-state index in [4.69, 9.17) is 24.0 Å². The first-order valence-electron chi connectivity index (χ1n) is 1.35. The maximum Gasteiger partial charge on any atom is 0.466 e. The molecule has 0 bridgehead atoms. The Bertz CT molecular complexity index is 86.3. The van der Waals surface area contributed by atoms with Gasteiger partial charge in [-0.2, -0.15) is 0 Å². The lowest BCUT2D eigenvalue weighted by atomic mass is 11.5. The normalized spacial score (nSPS) is 8.88. The SMILES string of the molecule is NC=O.O=P(O)(O)O. The Hall–Kier alpha value is -0.420. The largest absolute Gasteiger partial charge is 0.466 e. The highest BCUT2D eigenvalue weighted by atomic mass is 31.2. The summed E-state index contributed by atoms with van der Waals surface area (Å²) in [4.78, 5) is 30.1. The average molecular weight is 143 g/mol. The summed E-state index contributed by atoms with van der Waals surface area (Å²) in [5, 5.41) is 0. The minimum Gasteiger partial charge on any atom is -0.372 e. The van der Waals surface area contributed by atoms with E-state index in [1.54, 1.807) is 0 Å². The third kappa shape index (κ3) is 664. The fourth-order valence-electron chi connectivity index (χ4n) is 0. The summed E-state index contributed by atoms with van der Waals surface area (Å²) in [7, 11) is -4.64. The molecule has 6 nitrogen and oxygen atoms in total. The molecule has 0 heterocycles. The highest BCUT2D eigenvalue weighted by Gasteiger charge is 2.00. The summed E-state index contributed by atoms with van der Waals surface area (Å²) < 4.78 is 8.88. The smallest absolute Gasteiger partial charge is 0.372 e. The molecule has 5 N–H and O–H groups in total. The molecule has 0 aromatic rings. The van der Waals surface area contributed by atoms with E-state index in [1.165, 1.54) is 0 Å². The molecule has 8 heavy (non-hydrogen) atoms. The van der Waals surface area contributed by atoms with Crippen LogP contribution in [0.1, 0.15) is 0 Å². The van der Waals surface area contributed by atoms with Gasteiger partial charge in [-0.05, 0) is 0 Å². The van der Waals surface area contributed by atoms with Gasteiger partial charge in [0.05, 0.1) is 0 Å². The summed E-state index contributed by atoms with van der Waals surface area (Å²) >= 11 is 0. The molecule has 0 aliphatic rings. The van der Waals surface area contributed by atoms with E-state index in [0.717, 1.165) is 0 Å². The zero-order valence-corrected chi connectivity index (χ0v) is 4.65. The number of hydrogen-bond acceptors (Lipinski definition) is 2. The minimum atomic E-state index is -4.64. The van der Waals surface area contributed by atoms with E-state index in [0.29, 0.717) is 0 Å². The molecule has 0 spiro atoms. The highest BCUT2D eigenvalue weighted by molar-refractivity contribution is 7.45. The van der Waals surface area contributed by atoms with Gasteiger partial charge in [-0.3, -0.25) is 4.79 Å². The summed E-state index contributed by atoms with van der Waals surface area (Å²) in [6.07, 6.45) is 0.250. The van der Waals surface area contributed by atoms with Crippen LogP contribution in [0.3, 0.4) is 0 Å². The molecule has 0 aromatic carbocycles. The molecule has 0 atom stereocenters. The van der Waals surface area contributed by atoms with Crippen LogP contribution in [0.5, 0.6) is 0 Å². The molecule has 50 valence electrons. The van der Waals surface area contributed by atoms with Crippen molar-refractivity contribution < 1.29 is 24.0 Å². The molecule has 0 aliphatic carbocycles. The van der Waals surface area contributed by atoms with E-state index < -0.39 is 7.82 Å². The minimum absolute atomic E-state index is 0.250. The van der Waals surface area contributed by atoms with Crippen LogP contribution in [-0.4, -0.2) is 21.1 Å². The topological polar surface area (TPSA) is 121 Å². The Kier molecular flexibility index (Phi) is 6.23. The fourth-order valence-corrected chi connectivity index (χ4v) is 0. The van der Waals surface area contributed by atoms with Crippen molar-refractivity contribution >= 4 is 14.2 Å². The Labute approximate surface area is 45.2 Å². The van der Waals surface area contributed by atoms with Crippen molar-refractivity contribution in [3.8, 4) is 0 Å². The number of phosphoric acid groups is 1. The van der Waals surface area contributed by atoms with Crippen molar-refractivity contribution in [2.45, 2.75) is 0 Å². The van der Waals surface area contributed by atoms with E-state index in [2.05, 4.69) is 5.73 Å². The van der Waals surface area contributed by atoms with Gasteiger partial charge in [0.15, 0.2) is 0 Å². The number of nitrogens with two attached hydrogens (primary N) is 1. The molecule has 0 rings (SSSR count).